The highest BCUT2D eigenvalue weighted by molar-refractivity contribution is 6.05. The maximum atomic E-state index is 2.41. The minimum atomic E-state index is -0.164. The summed E-state index contributed by atoms with van der Waals surface area (Å²) in [5.74, 6) is 0. The Bertz CT molecular complexity index is 2800. The summed E-state index contributed by atoms with van der Waals surface area (Å²) in [5.41, 5.74) is 11.2. The van der Waals surface area contributed by atoms with E-state index in [0.29, 0.717) is 0 Å². The molecule has 1 nitrogen and oxygen atoms in total. The van der Waals surface area contributed by atoms with E-state index in [1.807, 2.05) is 0 Å². The zero-order valence-corrected chi connectivity index (χ0v) is 29.3. The number of rotatable bonds is 5. The maximum absolute atomic E-state index is 2.41. The molecule has 0 fully saturated rings. The summed E-state index contributed by atoms with van der Waals surface area (Å²) in [5, 5.41) is 10.1. The molecule has 0 aromatic heterocycles. The van der Waals surface area contributed by atoms with E-state index in [0.717, 1.165) is 17.1 Å². The number of hydrogen-bond acceptors (Lipinski definition) is 1. The van der Waals surface area contributed by atoms with Crippen LogP contribution in [-0.4, -0.2) is 0 Å². The van der Waals surface area contributed by atoms with Crippen molar-refractivity contribution >= 4 is 72.3 Å². The molecule has 0 amide bonds. The van der Waals surface area contributed by atoms with Crippen molar-refractivity contribution < 1.29 is 0 Å². The molecule has 0 bridgehead atoms. The molecule has 0 aliphatic heterocycles. The van der Waals surface area contributed by atoms with Gasteiger partial charge in [-0.15, -0.1) is 0 Å². The van der Waals surface area contributed by atoms with Crippen LogP contribution in [0.5, 0.6) is 0 Å². The topological polar surface area (TPSA) is 3.24 Å². The van der Waals surface area contributed by atoms with Gasteiger partial charge in [0, 0.05) is 22.5 Å². The summed E-state index contributed by atoms with van der Waals surface area (Å²) in [6, 6.07) is 64.6. The van der Waals surface area contributed by atoms with Crippen molar-refractivity contribution in [1.82, 2.24) is 0 Å². The molecule has 0 radical (unpaired) electrons. The second kappa shape index (κ2) is 11.8. The molecule has 1 aliphatic carbocycles. The van der Waals surface area contributed by atoms with Crippen LogP contribution in [0.25, 0.3) is 66.4 Å². The highest BCUT2D eigenvalue weighted by Gasteiger charge is 2.38. The van der Waals surface area contributed by atoms with Crippen molar-refractivity contribution in [3.8, 4) is 11.1 Å². The average Bonchev–Trinajstić information content (AvgIpc) is 3.43. The molecule has 52 heavy (non-hydrogen) atoms. The summed E-state index contributed by atoms with van der Waals surface area (Å²) in [6.07, 6.45) is 4.40. The van der Waals surface area contributed by atoms with Crippen molar-refractivity contribution in [2.75, 3.05) is 4.90 Å². The Labute approximate surface area is 304 Å². The van der Waals surface area contributed by atoms with Gasteiger partial charge in [-0.3, -0.25) is 0 Å². The predicted octanol–water partition coefficient (Wildman–Crippen LogP) is 14.2. The average molecular weight is 664 g/mol. The van der Waals surface area contributed by atoms with Gasteiger partial charge >= 0.3 is 0 Å². The number of hydrogen-bond donors (Lipinski definition) is 0. The first-order chi connectivity index (χ1) is 25.5. The summed E-state index contributed by atoms with van der Waals surface area (Å²) < 4.78 is 0. The lowest BCUT2D eigenvalue weighted by Crippen LogP contribution is -2.16. The van der Waals surface area contributed by atoms with Gasteiger partial charge in [-0.2, -0.15) is 0 Å². The van der Waals surface area contributed by atoms with Gasteiger partial charge in [0.05, 0.1) is 0 Å². The monoisotopic (exact) mass is 663 g/mol. The van der Waals surface area contributed by atoms with E-state index in [1.54, 1.807) is 0 Å². The molecular formula is C51H37N. The highest BCUT2D eigenvalue weighted by atomic mass is 15.1. The summed E-state index contributed by atoms with van der Waals surface area (Å²) in [7, 11) is 0. The molecular weight excluding hydrogens is 627 g/mol. The SMILES string of the molecule is CC1(C)c2c(ccc3cc(/C=C/c4ccccc4)ccc23)-c2ccc3cc(N(c4ccc5ccccc5c4)c4ccc5ccccc5c4)ccc3c21. The summed E-state index contributed by atoms with van der Waals surface area (Å²) in [4.78, 5) is 2.41. The lowest BCUT2D eigenvalue weighted by molar-refractivity contribution is 0.672. The van der Waals surface area contributed by atoms with Crippen LogP contribution in [0.15, 0.2) is 176 Å². The van der Waals surface area contributed by atoms with Crippen molar-refractivity contribution in [1.29, 1.82) is 0 Å². The van der Waals surface area contributed by atoms with Crippen LogP contribution >= 0.6 is 0 Å². The van der Waals surface area contributed by atoms with E-state index in [1.165, 1.54) is 76.5 Å². The fraction of sp³-hybridized carbons (Fsp3) is 0.0588. The minimum Gasteiger partial charge on any atom is -0.310 e. The first-order valence-electron chi connectivity index (χ1n) is 18.2. The quantitative estimate of drug-likeness (QED) is 0.166. The van der Waals surface area contributed by atoms with Gasteiger partial charge in [-0.05, 0) is 119 Å². The molecule has 0 N–H and O–H groups in total. The van der Waals surface area contributed by atoms with Gasteiger partial charge in [0.25, 0.3) is 0 Å². The van der Waals surface area contributed by atoms with Crippen LogP contribution in [0.1, 0.15) is 36.1 Å². The Kier molecular flexibility index (Phi) is 6.91. The number of benzene rings is 9. The van der Waals surface area contributed by atoms with E-state index in [2.05, 4.69) is 207 Å². The zero-order chi connectivity index (χ0) is 34.8. The van der Waals surface area contributed by atoms with Crippen molar-refractivity contribution in [2.24, 2.45) is 0 Å². The van der Waals surface area contributed by atoms with Crippen LogP contribution in [0.3, 0.4) is 0 Å². The first kappa shape index (κ1) is 30.4. The van der Waals surface area contributed by atoms with Gasteiger partial charge in [0.2, 0.25) is 0 Å². The van der Waals surface area contributed by atoms with E-state index >= 15 is 0 Å². The van der Waals surface area contributed by atoms with Crippen molar-refractivity contribution in [2.45, 2.75) is 19.3 Å². The van der Waals surface area contributed by atoms with E-state index < -0.39 is 0 Å². The second-order valence-electron chi connectivity index (χ2n) is 14.6. The summed E-state index contributed by atoms with van der Waals surface area (Å²) in [6.45, 7) is 4.81. The lowest BCUT2D eigenvalue weighted by Gasteiger charge is -2.28. The van der Waals surface area contributed by atoms with E-state index in [-0.39, 0.29) is 5.41 Å². The number of anilines is 3. The van der Waals surface area contributed by atoms with Gasteiger partial charge in [0.1, 0.15) is 0 Å². The van der Waals surface area contributed by atoms with Gasteiger partial charge < -0.3 is 4.90 Å². The van der Waals surface area contributed by atoms with Gasteiger partial charge in [0.15, 0.2) is 0 Å². The molecule has 0 atom stereocenters. The largest absolute Gasteiger partial charge is 0.310 e. The van der Waals surface area contributed by atoms with Crippen molar-refractivity contribution in [3.63, 3.8) is 0 Å². The Morgan fingerprint density at radius 3 is 1.40 bits per heavy atom. The fourth-order valence-corrected chi connectivity index (χ4v) is 8.66. The molecule has 10 rings (SSSR count). The molecule has 1 heteroatoms. The van der Waals surface area contributed by atoms with Gasteiger partial charge in [-0.25, -0.2) is 0 Å². The molecule has 9 aromatic carbocycles. The molecule has 1 aliphatic rings. The van der Waals surface area contributed by atoms with Crippen LogP contribution < -0.4 is 4.90 Å². The van der Waals surface area contributed by atoms with E-state index in [4.69, 9.17) is 0 Å². The van der Waals surface area contributed by atoms with Crippen LogP contribution in [0.4, 0.5) is 17.1 Å². The normalized spacial score (nSPS) is 13.3. The molecule has 9 aromatic rings. The Hall–Kier alpha value is -6.44. The molecule has 246 valence electrons. The molecule has 0 spiro atoms. The smallest absolute Gasteiger partial charge is 0.0468 e. The van der Waals surface area contributed by atoms with Gasteiger partial charge in [-0.1, -0.05) is 159 Å². The predicted molar refractivity (Wildman–Crippen MR) is 224 cm³/mol. The third kappa shape index (κ3) is 4.93. The Balaban J connectivity index is 1.09. The lowest BCUT2D eigenvalue weighted by atomic mass is 9.78. The van der Waals surface area contributed by atoms with Crippen LogP contribution in [-0.2, 0) is 5.41 Å². The second-order valence-corrected chi connectivity index (χ2v) is 14.6. The fourth-order valence-electron chi connectivity index (χ4n) is 8.66. The zero-order valence-electron chi connectivity index (χ0n) is 29.3. The third-order valence-corrected chi connectivity index (χ3v) is 11.1. The standard InChI is InChI=1S/C51H37N/c1-51(2)49-45-26-18-35(17-16-34-10-4-3-5-11-34)30-40(45)21-27-47(49)48-28-22-41-33-44(25-29-46(41)50(48)51)52(42-23-19-36-12-6-8-14-38(36)31-42)43-24-20-37-13-7-9-15-39(37)32-43/h3-33H,1-2H3/b17-16+. The molecule has 0 heterocycles. The van der Waals surface area contributed by atoms with E-state index in [9.17, 15) is 0 Å². The summed E-state index contributed by atoms with van der Waals surface area (Å²) >= 11 is 0. The Morgan fingerprint density at radius 1 is 0.365 bits per heavy atom. The first-order valence-corrected chi connectivity index (χ1v) is 18.2. The molecule has 0 saturated carbocycles. The Morgan fingerprint density at radius 2 is 0.808 bits per heavy atom. The minimum absolute atomic E-state index is 0.164. The number of nitrogens with zero attached hydrogens (tertiary/aromatic N) is 1. The molecule has 0 saturated heterocycles. The number of fused-ring (bicyclic) bond motifs is 9. The highest BCUT2D eigenvalue weighted by Crippen LogP contribution is 2.54. The van der Waals surface area contributed by atoms with Crippen LogP contribution in [0.2, 0.25) is 0 Å². The molecule has 0 unspecified atom stereocenters. The third-order valence-electron chi connectivity index (χ3n) is 11.1. The van der Waals surface area contributed by atoms with Crippen molar-refractivity contribution in [3.05, 3.63) is 198 Å². The maximum Gasteiger partial charge on any atom is 0.0468 e. The van der Waals surface area contributed by atoms with Crippen LogP contribution in [0, 0.1) is 0 Å².